The maximum absolute atomic E-state index is 12.7. The largest absolute Gasteiger partial charge is 0.343 e. The molecule has 142 valence electrons. The first kappa shape index (κ1) is 17.7. The van der Waals surface area contributed by atoms with Crippen molar-refractivity contribution in [2.24, 2.45) is 5.92 Å². The number of carbonyl (C=O) groups is 1. The second-order valence-corrected chi connectivity index (χ2v) is 7.76. The van der Waals surface area contributed by atoms with Gasteiger partial charge < -0.3 is 14.4 Å². The molecule has 3 aromatic rings. The van der Waals surface area contributed by atoms with Crippen molar-refractivity contribution in [3.05, 3.63) is 41.8 Å². The van der Waals surface area contributed by atoms with Gasteiger partial charge in [0.1, 0.15) is 18.4 Å². The van der Waals surface area contributed by atoms with Crippen LogP contribution in [-0.4, -0.2) is 25.6 Å². The highest BCUT2D eigenvalue weighted by molar-refractivity contribution is 5.81. The molecule has 27 heavy (non-hydrogen) atoms. The van der Waals surface area contributed by atoms with Crippen LogP contribution in [0.1, 0.15) is 63.1 Å². The minimum atomic E-state index is -0.329. The molecule has 4 rings (SSSR count). The Morgan fingerprint density at radius 1 is 1.26 bits per heavy atom. The summed E-state index contributed by atoms with van der Waals surface area (Å²) in [5, 5.41) is 6.96. The molecule has 1 fully saturated rings. The van der Waals surface area contributed by atoms with Crippen molar-refractivity contribution in [3.8, 4) is 0 Å². The maximum Gasteiger partial charge on any atom is 0.248 e. The first-order valence-electron chi connectivity index (χ1n) is 9.58. The molecule has 0 radical (unpaired) electrons. The fourth-order valence-corrected chi connectivity index (χ4v) is 3.30. The van der Waals surface area contributed by atoms with E-state index < -0.39 is 0 Å². The van der Waals surface area contributed by atoms with Crippen LogP contribution in [0.25, 0.3) is 11.0 Å². The van der Waals surface area contributed by atoms with E-state index in [4.69, 9.17) is 9.51 Å². The van der Waals surface area contributed by atoms with Crippen molar-refractivity contribution in [2.45, 2.75) is 58.5 Å². The zero-order valence-corrected chi connectivity index (χ0v) is 16.0. The van der Waals surface area contributed by atoms with Crippen LogP contribution in [0.2, 0.25) is 0 Å². The fraction of sp³-hybridized carbons (Fsp3) is 0.500. The summed E-state index contributed by atoms with van der Waals surface area (Å²) in [6, 6.07) is 7.63. The molecule has 2 heterocycles. The van der Waals surface area contributed by atoms with Crippen LogP contribution in [0.5, 0.6) is 0 Å². The van der Waals surface area contributed by atoms with Gasteiger partial charge in [0.25, 0.3) is 0 Å². The minimum Gasteiger partial charge on any atom is -0.343 e. The zero-order chi connectivity index (χ0) is 19.0. The molecular weight excluding hydrogens is 342 g/mol. The number of rotatable bonds is 7. The van der Waals surface area contributed by atoms with Gasteiger partial charge in [-0.15, -0.1) is 0 Å². The van der Waals surface area contributed by atoms with Crippen LogP contribution in [0.3, 0.4) is 0 Å². The average Bonchev–Trinajstić information content (AvgIpc) is 3.26. The number of para-hydroxylation sites is 2. The predicted molar refractivity (Wildman–Crippen MR) is 101 cm³/mol. The lowest BCUT2D eigenvalue weighted by Gasteiger charge is -2.12. The summed E-state index contributed by atoms with van der Waals surface area (Å²) in [5.41, 5.74) is 1.94. The Morgan fingerprint density at radius 2 is 2.04 bits per heavy atom. The predicted octanol–water partition coefficient (Wildman–Crippen LogP) is 3.37. The van der Waals surface area contributed by atoms with E-state index in [0.717, 1.165) is 36.1 Å². The highest BCUT2D eigenvalue weighted by Crippen LogP contribution is 2.40. The summed E-state index contributed by atoms with van der Waals surface area (Å²) in [4.78, 5) is 21.8. The molecule has 0 unspecified atom stereocenters. The molecule has 0 aliphatic heterocycles. The number of fused-ring (bicyclic) bond motifs is 1. The van der Waals surface area contributed by atoms with Crippen LogP contribution in [-0.2, 0) is 17.8 Å². The van der Waals surface area contributed by atoms with Gasteiger partial charge >= 0.3 is 0 Å². The highest BCUT2D eigenvalue weighted by atomic mass is 16.5. The van der Waals surface area contributed by atoms with Crippen molar-refractivity contribution in [2.75, 3.05) is 0 Å². The number of hydrogen-bond donors (Lipinski definition) is 1. The lowest BCUT2D eigenvalue weighted by atomic mass is 10.1. The molecule has 0 bridgehead atoms. The number of nitrogens with zero attached hydrogens (tertiary/aromatic N) is 4. The Kier molecular flexibility index (Phi) is 4.68. The SMILES string of the molecule is CC(C)Cc1noc([C@H](C)NC(=O)Cn2c(C3CC3)nc3ccccc32)n1. The van der Waals surface area contributed by atoms with Gasteiger partial charge in [0, 0.05) is 12.3 Å². The zero-order valence-electron chi connectivity index (χ0n) is 16.0. The minimum absolute atomic E-state index is 0.0869. The quantitative estimate of drug-likeness (QED) is 0.692. The van der Waals surface area contributed by atoms with Crippen LogP contribution in [0, 0.1) is 5.92 Å². The Bertz CT molecular complexity index is 954. The van der Waals surface area contributed by atoms with Crippen molar-refractivity contribution in [3.63, 3.8) is 0 Å². The van der Waals surface area contributed by atoms with E-state index in [2.05, 4.69) is 29.3 Å². The van der Waals surface area contributed by atoms with Crippen LogP contribution < -0.4 is 5.32 Å². The lowest BCUT2D eigenvalue weighted by Crippen LogP contribution is -2.30. The first-order valence-corrected chi connectivity index (χ1v) is 9.58. The summed E-state index contributed by atoms with van der Waals surface area (Å²) >= 11 is 0. The van der Waals surface area contributed by atoms with Crippen molar-refractivity contribution in [1.82, 2.24) is 25.0 Å². The van der Waals surface area contributed by atoms with Gasteiger partial charge in [-0.05, 0) is 37.8 Å². The van der Waals surface area contributed by atoms with Gasteiger partial charge in [-0.3, -0.25) is 4.79 Å². The number of nitrogens with one attached hydrogen (secondary N) is 1. The van der Waals surface area contributed by atoms with Gasteiger partial charge in [-0.25, -0.2) is 4.98 Å². The molecule has 2 aromatic heterocycles. The van der Waals surface area contributed by atoms with Crippen LogP contribution in [0.15, 0.2) is 28.8 Å². The topological polar surface area (TPSA) is 85.8 Å². The Labute approximate surface area is 158 Å². The smallest absolute Gasteiger partial charge is 0.248 e. The summed E-state index contributed by atoms with van der Waals surface area (Å²) in [6.07, 6.45) is 3.04. The number of benzene rings is 1. The molecule has 7 heteroatoms. The third-order valence-corrected chi connectivity index (χ3v) is 4.75. The van der Waals surface area contributed by atoms with Gasteiger partial charge in [0.15, 0.2) is 5.82 Å². The molecule has 0 saturated heterocycles. The molecule has 1 atom stereocenters. The molecule has 1 aliphatic carbocycles. The Morgan fingerprint density at radius 3 is 2.78 bits per heavy atom. The monoisotopic (exact) mass is 367 g/mol. The number of imidazole rings is 1. The lowest BCUT2D eigenvalue weighted by molar-refractivity contribution is -0.122. The van der Waals surface area contributed by atoms with E-state index in [1.165, 1.54) is 0 Å². The number of aromatic nitrogens is 4. The summed E-state index contributed by atoms with van der Waals surface area (Å²) in [7, 11) is 0. The Hall–Kier alpha value is -2.70. The molecule has 7 nitrogen and oxygen atoms in total. The number of hydrogen-bond acceptors (Lipinski definition) is 5. The molecule has 1 N–H and O–H groups in total. The van der Waals surface area contributed by atoms with Gasteiger partial charge in [0.05, 0.1) is 11.0 Å². The maximum atomic E-state index is 12.7. The normalized spacial score (nSPS) is 15.4. The summed E-state index contributed by atoms with van der Waals surface area (Å²) in [5.74, 6) is 2.97. The van der Waals surface area contributed by atoms with E-state index in [0.29, 0.717) is 23.6 Å². The van der Waals surface area contributed by atoms with Crippen LogP contribution in [0.4, 0.5) is 0 Å². The standard InChI is InChI=1S/C20H25N5O2/c1-12(2)10-17-23-20(27-24-17)13(3)21-18(26)11-25-16-7-5-4-6-15(16)22-19(25)14-8-9-14/h4-7,12-14H,8-11H2,1-3H3,(H,21,26)/t13-/m0/s1. The molecular formula is C20H25N5O2. The number of amides is 1. The van der Waals surface area contributed by atoms with Gasteiger partial charge in [-0.1, -0.05) is 31.1 Å². The third kappa shape index (κ3) is 3.86. The highest BCUT2D eigenvalue weighted by Gasteiger charge is 2.30. The van der Waals surface area contributed by atoms with Crippen molar-refractivity contribution < 1.29 is 9.32 Å². The van der Waals surface area contributed by atoms with Gasteiger partial charge in [0.2, 0.25) is 11.8 Å². The van der Waals surface area contributed by atoms with Crippen molar-refractivity contribution in [1.29, 1.82) is 0 Å². The molecule has 1 aromatic carbocycles. The van der Waals surface area contributed by atoms with E-state index in [1.54, 1.807) is 0 Å². The molecule has 1 aliphatic rings. The van der Waals surface area contributed by atoms with E-state index in [9.17, 15) is 4.79 Å². The number of carbonyl (C=O) groups excluding carboxylic acids is 1. The molecule has 1 saturated carbocycles. The fourth-order valence-electron chi connectivity index (χ4n) is 3.30. The molecule has 0 spiro atoms. The summed E-state index contributed by atoms with van der Waals surface area (Å²) < 4.78 is 7.35. The van der Waals surface area contributed by atoms with E-state index >= 15 is 0 Å². The van der Waals surface area contributed by atoms with E-state index in [-0.39, 0.29) is 18.5 Å². The average molecular weight is 367 g/mol. The second kappa shape index (κ2) is 7.13. The summed E-state index contributed by atoms with van der Waals surface area (Å²) in [6.45, 7) is 6.31. The second-order valence-electron chi connectivity index (χ2n) is 7.76. The van der Waals surface area contributed by atoms with Gasteiger partial charge in [-0.2, -0.15) is 4.98 Å². The first-order chi connectivity index (χ1) is 13.0. The molecule has 1 amide bonds. The third-order valence-electron chi connectivity index (χ3n) is 4.75. The van der Waals surface area contributed by atoms with E-state index in [1.807, 2.05) is 35.8 Å². The van der Waals surface area contributed by atoms with Crippen LogP contribution >= 0.6 is 0 Å². The van der Waals surface area contributed by atoms with Crippen molar-refractivity contribution >= 4 is 16.9 Å². The Balaban J connectivity index is 1.47.